The lowest BCUT2D eigenvalue weighted by Gasteiger charge is -2.30. The van der Waals surface area contributed by atoms with Crippen LogP contribution in [-0.2, 0) is 0 Å². The topological polar surface area (TPSA) is 29.3 Å². The molecule has 76 valence electrons. The maximum atomic E-state index is 5.97. The van der Waals surface area contributed by atoms with Crippen LogP contribution in [0.25, 0.3) is 0 Å². The van der Waals surface area contributed by atoms with Crippen molar-refractivity contribution in [2.75, 3.05) is 30.3 Å². The number of hydrogen-bond donors (Lipinski definition) is 1. The van der Waals surface area contributed by atoms with Gasteiger partial charge in [0.1, 0.15) is 0 Å². The van der Waals surface area contributed by atoms with E-state index >= 15 is 0 Å². The summed E-state index contributed by atoms with van der Waals surface area (Å²) in [5.74, 6) is 1.13. The predicted molar refractivity (Wildman–Crippen MR) is 63.4 cm³/mol. The molecule has 0 atom stereocenters. The molecule has 1 aliphatic rings. The first-order valence-electron chi connectivity index (χ1n) is 4.68. The summed E-state index contributed by atoms with van der Waals surface area (Å²) in [6.07, 6.45) is 0. The number of rotatable bonds is 2. The number of hydrogen-bond acceptors (Lipinski definition) is 3. The van der Waals surface area contributed by atoms with Gasteiger partial charge in [-0.05, 0) is 18.2 Å². The van der Waals surface area contributed by atoms with E-state index in [2.05, 4.69) is 11.0 Å². The van der Waals surface area contributed by atoms with Crippen molar-refractivity contribution in [3.63, 3.8) is 0 Å². The summed E-state index contributed by atoms with van der Waals surface area (Å²) in [7, 11) is 0. The SMILES string of the molecule is NCCN1CCSc2ccc(Cl)cc21. The van der Waals surface area contributed by atoms with Crippen LogP contribution in [0.5, 0.6) is 0 Å². The van der Waals surface area contributed by atoms with E-state index in [1.807, 2.05) is 23.9 Å². The average Bonchev–Trinajstić information content (AvgIpc) is 2.19. The van der Waals surface area contributed by atoms with Gasteiger partial charge >= 0.3 is 0 Å². The van der Waals surface area contributed by atoms with E-state index in [9.17, 15) is 0 Å². The van der Waals surface area contributed by atoms with Gasteiger partial charge in [0.2, 0.25) is 0 Å². The van der Waals surface area contributed by atoms with Gasteiger partial charge in [0.05, 0.1) is 5.69 Å². The molecule has 0 amide bonds. The monoisotopic (exact) mass is 228 g/mol. The molecule has 2 nitrogen and oxygen atoms in total. The summed E-state index contributed by atoms with van der Waals surface area (Å²) in [6, 6.07) is 6.06. The molecule has 0 radical (unpaired) electrons. The first kappa shape index (κ1) is 10.1. The Bertz CT molecular complexity index is 330. The molecule has 0 unspecified atom stereocenters. The van der Waals surface area contributed by atoms with E-state index in [1.165, 1.54) is 10.6 Å². The van der Waals surface area contributed by atoms with Crippen molar-refractivity contribution in [1.82, 2.24) is 0 Å². The van der Waals surface area contributed by atoms with Gasteiger partial charge in [-0.2, -0.15) is 0 Å². The number of thioether (sulfide) groups is 1. The summed E-state index contributed by atoms with van der Waals surface area (Å²) in [5.41, 5.74) is 6.81. The Morgan fingerprint density at radius 3 is 3.14 bits per heavy atom. The van der Waals surface area contributed by atoms with E-state index in [-0.39, 0.29) is 0 Å². The largest absolute Gasteiger partial charge is 0.368 e. The highest BCUT2D eigenvalue weighted by atomic mass is 35.5. The summed E-state index contributed by atoms with van der Waals surface area (Å²) < 4.78 is 0. The van der Waals surface area contributed by atoms with Gasteiger partial charge in [0.25, 0.3) is 0 Å². The van der Waals surface area contributed by atoms with Crippen LogP contribution in [0.4, 0.5) is 5.69 Å². The predicted octanol–water partition coefficient (Wildman–Crippen LogP) is 2.21. The lowest BCUT2D eigenvalue weighted by molar-refractivity contribution is 0.805. The maximum Gasteiger partial charge on any atom is 0.0520 e. The Balaban J connectivity index is 2.32. The van der Waals surface area contributed by atoms with Crippen LogP contribution in [0.15, 0.2) is 23.1 Å². The maximum absolute atomic E-state index is 5.97. The molecule has 2 rings (SSSR count). The summed E-state index contributed by atoms with van der Waals surface area (Å²) in [6.45, 7) is 2.67. The minimum absolute atomic E-state index is 0.691. The minimum atomic E-state index is 0.691. The van der Waals surface area contributed by atoms with E-state index in [0.717, 1.165) is 23.9 Å². The molecule has 4 heteroatoms. The van der Waals surface area contributed by atoms with Crippen molar-refractivity contribution in [3.05, 3.63) is 23.2 Å². The highest BCUT2D eigenvalue weighted by molar-refractivity contribution is 7.99. The van der Waals surface area contributed by atoms with Gasteiger partial charge < -0.3 is 10.6 Å². The standard InChI is InChI=1S/C10H13ClN2S/c11-8-1-2-10-9(7-8)13(4-3-12)5-6-14-10/h1-2,7H,3-6,12H2. The van der Waals surface area contributed by atoms with Crippen LogP contribution in [0, 0.1) is 0 Å². The summed E-state index contributed by atoms with van der Waals surface area (Å²) >= 11 is 7.86. The molecule has 14 heavy (non-hydrogen) atoms. The van der Waals surface area contributed by atoms with Gasteiger partial charge in [-0.1, -0.05) is 11.6 Å². The molecule has 1 aliphatic heterocycles. The second-order valence-electron chi connectivity index (χ2n) is 3.24. The molecule has 1 aromatic carbocycles. The Morgan fingerprint density at radius 1 is 1.50 bits per heavy atom. The molecule has 1 heterocycles. The number of nitrogens with two attached hydrogens (primary N) is 1. The third-order valence-corrected chi connectivity index (χ3v) is 3.56. The zero-order chi connectivity index (χ0) is 9.97. The molecule has 0 aromatic heterocycles. The van der Waals surface area contributed by atoms with Crippen molar-refractivity contribution in [2.45, 2.75) is 4.90 Å². The fraction of sp³-hybridized carbons (Fsp3) is 0.400. The quantitative estimate of drug-likeness (QED) is 0.842. The van der Waals surface area contributed by atoms with Gasteiger partial charge in [-0.15, -0.1) is 11.8 Å². The third kappa shape index (κ3) is 2.00. The molecule has 0 aliphatic carbocycles. The van der Waals surface area contributed by atoms with Crippen molar-refractivity contribution < 1.29 is 0 Å². The summed E-state index contributed by atoms with van der Waals surface area (Å²) in [4.78, 5) is 3.62. The molecule has 0 spiro atoms. The molecule has 2 N–H and O–H groups in total. The molecular weight excluding hydrogens is 216 g/mol. The molecule has 0 fully saturated rings. The zero-order valence-corrected chi connectivity index (χ0v) is 9.44. The van der Waals surface area contributed by atoms with E-state index in [0.29, 0.717) is 6.54 Å². The van der Waals surface area contributed by atoms with Crippen LogP contribution in [0.3, 0.4) is 0 Å². The molecule has 0 saturated heterocycles. The van der Waals surface area contributed by atoms with Crippen LogP contribution in [0.2, 0.25) is 5.02 Å². The van der Waals surface area contributed by atoms with Gasteiger partial charge in [-0.25, -0.2) is 0 Å². The van der Waals surface area contributed by atoms with Crippen molar-refractivity contribution in [3.8, 4) is 0 Å². The number of benzene rings is 1. The van der Waals surface area contributed by atoms with Gasteiger partial charge in [-0.3, -0.25) is 0 Å². The smallest absolute Gasteiger partial charge is 0.0520 e. The van der Waals surface area contributed by atoms with Crippen molar-refractivity contribution in [2.24, 2.45) is 5.73 Å². The van der Waals surface area contributed by atoms with Crippen molar-refractivity contribution in [1.29, 1.82) is 0 Å². The molecule has 1 aromatic rings. The highest BCUT2D eigenvalue weighted by Gasteiger charge is 2.16. The first-order chi connectivity index (χ1) is 6.81. The lowest BCUT2D eigenvalue weighted by Crippen LogP contribution is -2.33. The fourth-order valence-corrected chi connectivity index (χ4v) is 2.83. The molecular formula is C10H13ClN2S. The summed E-state index contributed by atoms with van der Waals surface area (Å²) in [5, 5.41) is 0.799. The Kier molecular flexibility index (Phi) is 3.21. The first-order valence-corrected chi connectivity index (χ1v) is 6.05. The Labute approximate surface area is 93.4 Å². The van der Waals surface area contributed by atoms with Gasteiger partial charge in [0.15, 0.2) is 0 Å². The van der Waals surface area contributed by atoms with E-state index < -0.39 is 0 Å². The third-order valence-electron chi connectivity index (χ3n) is 2.28. The average molecular weight is 229 g/mol. The Hall–Kier alpha value is -0.380. The normalized spacial score (nSPS) is 15.4. The van der Waals surface area contributed by atoms with Crippen LogP contribution in [0.1, 0.15) is 0 Å². The van der Waals surface area contributed by atoms with Crippen LogP contribution in [-0.4, -0.2) is 25.4 Å². The number of nitrogens with zero attached hydrogens (tertiary/aromatic N) is 1. The Morgan fingerprint density at radius 2 is 2.36 bits per heavy atom. The van der Waals surface area contributed by atoms with Crippen LogP contribution < -0.4 is 10.6 Å². The second kappa shape index (κ2) is 4.43. The highest BCUT2D eigenvalue weighted by Crippen LogP contribution is 2.36. The number of anilines is 1. The van der Waals surface area contributed by atoms with E-state index in [4.69, 9.17) is 17.3 Å². The van der Waals surface area contributed by atoms with Crippen molar-refractivity contribution >= 4 is 29.1 Å². The molecule has 0 bridgehead atoms. The number of fused-ring (bicyclic) bond motifs is 1. The van der Waals surface area contributed by atoms with E-state index in [1.54, 1.807) is 0 Å². The minimum Gasteiger partial charge on any atom is -0.368 e. The molecule has 0 saturated carbocycles. The fourth-order valence-electron chi connectivity index (χ4n) is 1.63. The van der Waals surface area contributed by atoms with Gasteiger partial charge in [0, 0.05) is 35.3 Å². The lowest BCUT2D eigenvalue weighted by atomic mass is 10.2. The number of halogens is 1. The second-order valence-corrected chi connectivity index (χ2v) is 4.81. The van der Waals surface area contributed by atoms with Crippen LogP contribution >= 0.6 is 23.4 Å². The zero-order valence-electron chi connectivity index (χ0n) is 7.87.